The van der Waals surface area contributed by atoms with Crippen molar-refractivity contribution < 1.29 is 24.4 Å². The van der Waals surface area contributed by atoms with Crippen LogP contribution in [0.5, 0.6) is 0 Å². The smallest absolute Gasteiger partial charge is 0.318 e. The maximum atomic E-state index is 13.0. The fourth-order valence-electron chi connectivity index (χ4n) is 3.20. The molecule has 2 atom stereocenters. The number of carbonyl (C=O) groups excluding carboxylic acids is 2. The number of Topliss-reactive ketones (excluding diaryl/α,β-unsaturated/α-hetero) is 1. The molecule has 0 saturated heterocycles. The van der Waals surface area contributed by atoms with E-state index in [9.17, 15) is 20.0 Å². The minimum absolute atomic E-state index is 0.0967. The first-order valence-electron chi connectivity index (χ1n) is 9.39. The second-order valence-corrected chi connectivity index (χ2v) is 8.03. The molecule has 0 aromatic heterocycles. The molecule has 0 heterocycles. The molecule has 6 nitrogen and oxygen atoms in total. The fourth-order valence-corrected chi connectivity index (χ4v) is 3.20. The van der Waals surface area contributed by atoms with E-state index in [4.69, 9.17) is 4.74 Å². The molecule has 0 aliphatic carbocycles. The zero-order chi connectivity index (χ0) is 21.8. The number of hydrogen-bond donors (Lipinski definition) is 1. The predicted molar refractivity (Wildman–Crippen MR) is 110 cm³/mol. The predicted octanol–water partition coefficient (Wildman–Crippen LogP) is 4.01. The highest BCUT2D eigenvalue weighted by Gasteiger charge is 2.44. The van der Waals surface area contributed by atoms with Crippen LogP contribution in [-0.4, -0.2) is 33.2 Å². The summed E-state index contributed by atoms with van der Waals surface area (Å²) in [6.07, 6.45) is 0. The van der Waals surface area contributed by atoms with Gasteiger partial charge in [0.2, 0.25) is 0 Å². The molecule has 1 N–H and O–H groups in total. The second-order valence-electron chi connectivity index (χ2n) is 8.03. The van der Waals surface area contributed by atoms with Crippen molar-refractivity contribution in [3.8, 4) is 0 Å². The topological polar surface area (TPSA) is 89.7 Å². The van der Waals surface area contributed by atoms with E-state index in [0.717, 1.165) is 5.56 Å². The monoisotopic (exact) mass is 397 g/mol. The number of aryl methyl sites for hydroxylation is 1. The van der Waals surface area contributed by atoms with Crippen molar-refractivity contribution in [2.75, 3.05) is 0 Å². The van der Waals surface area contributed by atoms with Gasteiger partial charge in [-0.25, -0.2) is 0 Å². The van der Waals surface area contributed by atoms with Crippen molar-refractivity contribution >= 4 is 17.5 Å². The molecular formula is C23H27NO5. The molecule has 6 heteroatoms. The minimum Gasteiger partial charge on any atom is -0.459 e. The SMILES string of the molecule is CC(=O)C(C(=O)OC(C)(C)C)C(/C(c1ccccc1)=[N+](/[O-])O)c1ccc(C)cc1. The maximum absolute atomic E-state index is 13.0. The fraction of sp³-hybridized carbons (Fsp3) is 0.348. The summed E-state index contributed by atoms with van der Waals surface area (Å²) in [7, 11) is 0. The summed E-state index contributed by atoms with van der Waals surface area (Å²) < 4.78 is 5.48. The molecule has 2 aromatic carbocycles. The quantitative estimate of drug-likeness (QED) is 0.199. The number of benzene rings is 2. The van der Waals surface area contributed by atoms with Crippen LogP contribution >= 0.6 is 0 Å². The van der Waals surface area contributed by atoms with Crippen LogP contribution in [-0.2, 0) is 14.3 Å². The maximum Gasteiger partial charge on any atom is 0.318 e. The lowest BCUT2D eigenvalue weighted by Crippen LogP contribution is -2.40. The summed E-state index contributed by atoms with van der Waals surface area (Å²) in [5, 5.41) is 22.2. The number of esters is 1. The van der Waals surface area contributed by atoms with Crippen LogP contribution in [0.4, 0.5) is 0 Å². The molecule has 2 aromatic rings. The lowest BCUT2D eigenvalue weighted by molar-refractivity contribution is -0.726. The van der Waals surface area contributed by atoms with E-state index in [1.807, 2.05) is 19.1 Å². The second kappa shape index (κ2) is 8.90. The van der Waals surface area contributed by atoms with Crippen LogP contribution in [0.3, 0.4) is 0 Å². The molecule has 0 aliphatic rings. The van der Waals surface area contributed by atoms with Crippen molar-refractivity contribution in [2.24, 2.45) is 5.92 Å². The van der Waals surface area contributed by atoms with Crippen molar-refractivity contribution in [2.45, 2.75) is 46.1 Å². The van der Waals surface area contributed by atoms with Gasteiger partial charge in [-0.15, -0.1) is 0 Å². The minimum atomic E-state index is -1.30. The third kappa shape index (κ3) is 5.67. The van der Waals surface area contributed by atoms with Crippen LogP contribution < -0.4 is 0 Å². The highest BCUT2D eigenvalue weighted by molar-refractivity contribution is 6.10. The molecule has 0 spiro atoms. The molecule has 154 valence electrons. The number of ether oxygens (including phenoxy) is 1. The summed E-state index contributed by atoms with van der Waals surface area (Å²) in [5.74, 6) is -3.52. The lowest BCUT2D eigenvalue weighted by atomic mass is 9.78. The molecule has 0 radical (unpaired) electrons. The number of nitrogens with zero attached hydrogens (tertiary/aromatic N) is 1. The Kier molecular flexibility index (Phi) is 6.80. The van der Waals surface area contributed by atoms with Gasteiger partial charge in [0.15, 0.2) is 0 Å². The molecular weight excluding hydrogens is 370 g/mol. The van der Waals surface area contributed by atoms with Crippen molar-refractivity contribution in [3.05, 3.63) is 76.5 Å². The van der Waals surface area contributed by atoms with Crippen molar-refractivity contribution in [3.63, 3.8) is 0 Å². The van der Waals surface area contributed by atoms with Gasteiger partial charge in [-0.1, -0.05) is 48.0 Å². The Morgan fingerprint density at radius 2 is 1.59 bits per heavy atom. The molecule has 29 heavy (non-hydrogen) atoms. The van der Waals surface area contributed by atoms with E-state index in [0.29, 0.717) is 11.1 Å². The summed E-state index contributed by atoms with van der Waals surface area (Å²) >= 11 is 0. The summed E-state index contributed by atoms with van der Waals surface area (Å²) in [5.41, 5.74) is 1.03. The normalized spacial score (nSPS) is 14.5. The largest absolute Gasteiger partial charge is 0.459 e. The first kappa shape index (κ1) is 22.1. The van der Waals surface area contributed by atoms with Crippen LogP contribution in [0.1, 0.15) is 50.3 Å². The zero-order valence-corrected chi connectivity index (χ0v) is 17.4. The number of carbonyl (C=O) groups is 2. The van der Waals surface area contributed by atoms with Gasteiger partial charge in [0.05, 0.1) is 5.92 Å². The Morgan fingerprint density at radius 3 is 2.03 bits per heavy atom. The van der Waals surface area contributed by atoms with E-state index in [1.54, 1.807) is 63.2 Å². The summed E-state index contributed by atoms with van der Waals surface area (Å²) in [6.45, 7) is 8.30. The number of hydrogen-bond acceptors (Lipinski definition) is 5. The molecule has 2 rings (SSSR count). The Labute approximate surface area is 171 Å². The molecule has 0 fully saturated rings. The zero-order valence-electron chi connectivity index (χ0n) is 17.4. The third-order valence-electron chi connectivity index (χ3n) is 4.44. The number of rotatable bonds is 6. The standard InChI is InChI=1S/C23H27NO5/c1-15-11-13-17(14-12-15)20(19(16(2)25)22(26)29-23(3,4)5)21(24(27)28)18-9-7-6-8-10-18/h6-14,19-20H,1-5H3,(H,27,28). The van der Waals surface area contributed by atoms with Crippen LogP contribution in [0, 0.1) is 18.0 Å². The average Bonchev–Trinajstić information content (AvgIpc) is 2.60. The first-order chi connectivity index (χ1) is 13.5. The Morgan fingerprint density at radius 1 is 1.03 bits per heavy atom. The van der Waals surface area contributed by atoms with Gasteiger partial charge in [-0.05, 0) is 52.3 Å². The molecule has 0 bridgehead atoms. The highest BCUT2D eigenvalue weighted by atomic mass is 16.8. The first-order valence-corrected chi connectivity index (χ1v) is 9.39. The summed E-state index contributed by atoms with van der Waals surface area (Å²) in [6, 6.07) is 15.6. The van der Waals surface area contributed by atoms with Gasteiger partial charge in [0, 0.05) is 10.5 Å². The van der Waals surface area contributed by atoms with Gasteiger partial charge in [0.25, 0.3) is 5.71 Å². The van der Waals surface area contributed by atoms with Crippen LogP contribution in [0.15, 0.2) is 54.6 Å². The van der Waals surface area contributed by atoms with Crippen molar-refractivity contribution in [1.29, 1.82) is 0 Å². The molecule has 0 amide bonds. The van der Waals surface area contributed by atoms with Crippen LogP contribution in [0.2, 0.25) is 0 Å². The van der Waals surface area contributed by atoms with Gasteiger partial charge in [-0.3, -0.25) is 14.8 Å². The van der Waals surface area contributed by atoms with E-state index in [1.165, 1.54) is 6.92 Å². The van der Waals surface area contributed by atoms with Gasteiger partial charge < -0.3 is 9.94 Å². The molecule has 2 unspecified atom stereocenters. The van der Waals surface area contributed by atoms with E-state index < -0.39 is 29.2 Å². The van der Waals surface area contributed by atoms with Crippen molar-refractivity contribution in [1.82, 2.24) is 0 Å². The van der Waals surface area contributed by atoms with Gasteiger partial charge in [0.1, 0.15) is 17.3 Å². The van der Waals surface area contributed by atoms with E-state index in [2.05, 4.69) is 0 Å². The Balaban J connectivity index is 2.71. The highest BCUT2D eigenvalue weighted by Crippen LogP contribution is 2.32. The van der Waals surface area contributed by atoms with E-state index >= 15 is 0 Å². The average molecular weight is 397 g/mol. The summed E-state index contributed by atoms with van der Waals surface area (Å²) in [4.78, 5) is 25.3. The Hall–Kier alpha value is -3.15. The number of ketones is 1. The van der Waals surface area contributed by atoms with Crippen LogP contribution in [0.25, 0.3) is 0 Å². The van der Waals surface area contributed by atoms with Gasteiger partial charge in [-0.2, -0.15) is 0 Å². The Bertz CT molecular complexity index is 891. The van der Waals surface area contributed by atoms with E-state index in [-0.39, 0.29) is 10.6 Å². The molecule has 0 saturated carbocycles. The molecule has 0 aliphatic heterocycles. The lowest BCUT2D eigenvalue weighted by Gasteiger charge is -2.27. The van der Waals surface area contributed by atoms with Gasteiger partial charge >= 0.3 is 5.97 Å². The third-order valence-corrected chi connectivity index (χ3v) is 4.44.